The maximum atomic E-state index is 6.20. The summed E-state index contributed by atoms with van der Waals surface area (Å²) in [6.07, 6.45) is 4.82. The van der Waals surface area contributed by atoms with E-state index in [0.29, 0.717) is 15.9 Å². The van der Waals surface area contributed by atoms with E-state index in [4.69, 9.17) is 28.9 Å². The second-order valence-electron chi connectivity index (χ2n) is 4.70. The van der Waals surface area contributed by atoms with Gasteiger partial charge in [-0.15, -0.1) is 0 Å². The number of nitrogens with two attached hydrogens (primary N) is 1. The number of halogens is 2. The Morgan fingerprint density at radius 2 is 2.11 bits per heavy atom. The largest absolute Gasteiger partial charge is 0.324 e. The van der Waals surface area contributed by atoms with Gasteiger partial charge in [-0.1, -0.05) is 29.3 Å². The van der Waals surface area contributed by atoms with E-state index in [0.717, 1.165) is 36.1 Å². The Morgan fingerprint density at radius 3 is 2.95 bits per heavy atom. The summed E-state index contributed by atoms with van der Waals surface area (Å²) in [5.41, 5.74) is 8.90. The zero-order valence-corrected chi connectivity index (χ0v) is 11.7. The molecule has 1 unspecified atom stereocenters. The van der Waals surface area contributed by atoms with Crippen LogP contribution < -0.4 is 5.73 Å². The Labute approximate surface area is 121 Å². The van der Waals surface area contributed by atoms with Crippen molar-refractivity contribution in [2.75, 3.05) is 0 Å². The van der Waals surface area contributed by atoms with Gasteiger partial charge in [0.15, 0.2) is 5.82 Å². The van der Waals surface area contributed by atoms with Crippen LogP contribution in [0.25, 0.3) is 11.4 Å². The molecule has 3 rings (SSSR count). The fourth-order valence-corrected chi connectivity index (χ4v) is 2.77. The maximum absolute atomic E-state index is 6.20. The summed E-state index contributed by atoms with van der Waals surface area (Å²) < 4.78 is 0. The van der Waals surface area contributed by atoms with Crippen molar-refractivity contribution in [1.82, 2.24) is 9.97 Å². The smallest absolute Gasteiger partial charge is 0.160 e. The molecule has 0 aliphatic heterocycles. The van der Waals surface area contributed by atoms with Gasteiger partial charge in [-0.05, 0) is 31.4 Å². The van der Waals surface area contributed by atoms with Crippen molar-refractivity contribution >= 4 is 23.2 Å². The van der Waals surface area contributed by atoms with E-state index in [-0.39, 0.29) is 6.04 Å². The molecule has 2 aromatic rings. The van der Waals surface area contributed by atoms with Crippen molar-refractivity contribution in [1.29, 1.82) is 0 Å². The van der Waals surface area contributed by atoms with Gasteiger partial charge in [0.2, 0.25) is 0 Å². The van der Waals surface area contributed by atoms with E-state index in [1.807, 2.05) is 18.3 Å². The van der Waals surface area contributed by atoms with Gasteiger partial charge in [0.05, 0.1) is 10.0 Å². The van der Waals surface area contributed by atoms with Crippen molar-refractivity contribution in [3.05, 3.63) is 45.7 Å². The fourth-order valence-electron chi connectivity index (χ4n) is 2.39. The zero-order chi connectivity index (χ0) is 13.4. The molecule has 1 atom stereocenters. The van der Waals surface area contributed by atoms with Gasteiger partial charge in [0, 0.05) is 29.1 Å². The first-order valence-corrected chi connectivity index (χ1v) is 6.98. The van der Waals surface area contributed by atoms with Crippen molar-refractivity contribution in [3.63, 3.8) is 0 Å². The van der Waals surface area contributed by atoms with Crippen LogP contribution in [0, 0.1) is 0 Å². The summed E-state index contributed by atoms with van der Waals surface area (Å²) in [5.74, 6) is 0.611. The molecule has 5 heteroatoms. The Balaban J connectivity index is 2.09. The first-order valence-electron chi connectivity index (χ1n) is 6.22. The fraction of sp³-hybridized carbons (Fsp3) is 0.286. The lowest BCUT2D eigenvalue weighted by Gasteiger charge is -2.21. The SMILES string of the molecule is NC1CCCc2nc(-c3cccc(Cl)c3Cl)ncc21. The zero-order valence-electron chi connectivity index (χ0n) is 10.2. The number of rotatable bonds is 1. The third kappa shape index (κ3) is 2.34. The summed E-state index contributed by atoms with van der Waals surface area (Å²) >= 11 is 12.2. The van der Waals surface area contributed by atoms with E-state index in [1.54, 1.807) is 6.07 Å². The standard InChI is InChI=1S/C14H13Cl2N3/c15-10-4-1-3-8(13(10)16)14-18-7-9-11(17)5-2-6-12(9)19-14/h1,3-4,7,11H,2,5-6,17H2. The number of aryl methyl sites for hydroxylation is 1. The molecule has 1 aromatic carbocycles. The van der Waals surface area contributed by atoms with Crippen LogP contribution in [0.5, 0.6) is 0 Å². The van der Waals surface area contributed by atoms with Gasteiger partial charge in [-0.25, -0.2) is 9.97 Å². The van der Waals surface area contributed by atoms with E-state index >= 15 is 0 Å². The van der Waals surface area contributed by atoms with Crippen LogP contribution in [0.4, 0.5) is 0 Å². The molecular formula is C14H13Cl2N3. The minimum absolute atomic E-state index is 0.0487. The van der Waals surface area contributed by atoms with Crippen molar-refractivity contribution in [2.24, 2.45) is 5.73 Å². The van der Waals surface area contributed by atoms with Crippen LogP contribution in [0.1, 0.15) is 30.1 Å². The van der Waals surface area contributed by atoms with E-state index in [1.165, 1.54) is 0 Å². The van der Waals surface area contributed by atoms with Crippen LogP contribution in [-0.2, 0) is 6.42 Å². The van der Waals surface area contributed by atoms with Crippen LogP contribution in [-0.4, -0.2) is 9.97 Å². The second kappa shape index (κ2) is 5.08. The Morgan fingerprint density at radius 1 is 1.26 bits per heavy atom. The van der Waals surface area contributed by atoms with Crippen LogP contribution in [0.2, 0.25) is 10.0 Å². The summed E-state index contributed by atoms with van der Waals surface area (Å²) in [6.45, 7) is 0. The van der Waals surface area contributed by atoms with E-state index in [9.17, 15) is 0 Å². The summed E-state index contributed by atoms with van der Waals surface area (Å²) in [4.78, 5) is 8.98. The molecule has 1 heterocycles. The summed E-state index contributed by atoms with van der Waals surface area (Å²) in [6, 6.07) is 5.52. The molecule has 98 valence electrons. The van der Waals surface area contributed by atoms with Gasteiger partial charge in [-0.3, -0.25) is 0 Å². The van der Waals surface area contributed by atoms with Crippen molar-refractivity contribution < 1.29 is 0 Å². The maximum Gasteiger partial charge on any atom is 0.160 e. The number of hydrogen-bond donors (Lipinski definition) is 1. The highest BCUT2D eigenvalue weighted by molar-refractivity contribution is 6.43. The van der Waals surface area contributed by atoms with E-state index in [2.05, 4.69) is 9.97 Å². The summed E-state index contributed by atoms with van der Waals surface area (Å²) in [5, 5.41) is 1.00. The average molecular weight is 294 g/mol. The van der Waals surface area contributed by atoms with Crippen molar-refractivity contribution in [3.8, 4) is 11.4 Å². The highest BCUT2D eigenvalue weighted by atomic mass is 35.5. The Hall–Kier alpha value is -1.16. The molecule has 0 radical (unpaired) electrons. The average Bonchev–Trinajstić information content (AvgIpc) is 2.42. The lowest BCUT2D eigenvalue weighted by atomic mass is 9.93. The van der Waals surface area contributed by atoms with Crippen molar-refractivity contribution in [2.45, 2.75) is 25.3 Å². The third-order valence-corrected chi connectivity index (χ3v) is 4.24. The highest BCUT2D eigenvalue weighted by Crippen LogP contribution is 2.33. The lowest BCUT2D eigenvalue weighted by molar-refractivity contribution is 0.557. The minimum Gasteiger partial charge on any atom is -0.324 e. The van der Waals surface area contributed by atoms with Gasteiger partial charge < -0.3 is 5.73 Å². The summed E-state index contributed by atoms with van der Waals surface area (Å²) in [7, 11) is 0. The number of fused-ring (bicyclic) bond motifs is 1. The van der Waals surface area contributed by atoms with Crippen LogP contribution >= 0.6 is 23.2 Å². The topological polar surface area (TPSA) is 51.8 Å². The molecule has 0 saturated heterocycles. The first kappa shape index (κ1) is 12.9. The molecule has 1 aliphatic carbocycles. The molecule has 1 aliphatic rings. The first-order chi connectivity index (χ1) is 9.16. The monoisotopic (exact) mass is 293 g/mol. The highest BCUT2D eigenvalue weighted by Gasteiger charge is 2.20. The molecule has 0 spiro atoms. The second-order valence-corrected chi connectivity index (χ2v) is 5.48. The molecule has 0 amide bonds. The minimum atomic E-state index is 0.0487. The Bertz CT molecular complexity index is 628. The van der Waals surface area contributed by atoms with Crippen LogP contribution in [0.15, 0.2) is 24.4 Å². The number of benzene rings is 1. The predicted molar refractivity (Wildman–Crippen MR) is 77.4 cm³/mol. The van der Waals surface area contributed by atoms with Crippen LogP contribution in [0.3, 0.4) is 0 Å². The molecule has 3 nitrogen and oxygen atoms in total. The van der Waals surface area contributed by atoms with Gasteiger partial charge in [0.1, 0.15) is 0 Å². The number of hydrogen-bond acceptors (Lipinski definition) is 3. The normalized spacial score (nSPS) is 18.2. The molecule has 0 bridgehead atoms. The van der Waals surface area contributed by atoms with Gasteiger partial charge >= 0.3 is 0 Å². The number of aromatic nitrogens is 2. The predicted octanol–water partition coefficient (Wildman–Crippen LogP) is 3.79. The molecule has 1 aromatic heterocycles. The van der Waals surface area contributed by atoms with Gasteiger partial charge in [0.25, 0.3) is 0 Å². The Kier molecular flexibility index (Phi) is 3.44. The lowest BCUT2D eigenvalue weighted by Crippen LogP contribution is -2.19. The quantitative estimate of drug-likeness (QED) is 0.870. The third-order valence-electron chi connectivity index (χ3n) is 3.42. The molecule has 19 heavy (non-hydrogen) atoms. The molecule has 2 N–H and O–H groups in total. The number of nitrogens with zero attached hydrogens (tertiary/aromatic N) is 2. The molecule has 0 saturated carbocycles. The van der Waals surface area contributed by atoms with E-state index < -0.39 is 0 Å². The van der Waals surface area contributed by atoms with Gasteiger partial charge in [-0.2, -0.15) is 0 Å². The molecule has 0 fully saturated rings. The molecular weight excluding hydrogens is 281 g/mol.